The highest BCUT2D eigenvalue weighted by atomic mass is 16.6. The van der Waals surface area contributed by atoms with Gasteiger partial charge in [0.15, 0.2) is 0 Å². The van der Waals surface area contributed by atoms with Crippen LogP contribution in [0.25, 0.3) is 0 Å². The zero-order valence-electron chi connectivity index (χ0n) is 15.5. The van der Waals surface area contributed by atoms with E-state index in [0.717, 1.165) is 19.5 Å². The molecule has 6 nitrogen and oxygen atoms in total. The van der Waals surface area contributed by atoms with Crippen molar-refractivity contribution in [3.05, 3.63) is 35.4 Å². The van der Waals surface area contributed by atoms with E-state index in [1.807, 2.05) is 6.07 Å². The van der Waals surface area contributed by atoms with Crippen LogP contribution >= 0.6 is 0 Å². The number of nitrogens with zero attached hydrogens (tertiary/aromatic N) is 1. The fraction of sp³-hybridized carbons (Fsp3) is 0.579. The van der Waals surface area contributed by atoms with Crippen molar-refractivity contribution < 1.29 is 19.1 Å². The topological polar surface area (TPSA) is 67.9 Å². The Labute approximate surface area is 149 Å². The van der Waals surface area contributed by atoms with Crippen molar-refractivity contribution in [2.24, 2.45) is 0 Å². The van der Waals surface area contributed by atoms with E-state index in [4.69, 9.17) is 9.47 Å². The molecule has 0 aliphatic carbocycles. The Morgan fingerprint density at radius 3 is 2.56 bits per heavy atom. The van der Waals surface area contributed by atoms with Crippen molar-refractivity contribution in [2.75, 3.05) is 20.2 Å². The predicted molar refractivity (Wildman–Crippen MR) is 95.2 cm³/mol. The fourth-order valence-corrected chi connectivity index (χ4v) is 2.90. The molecule has 1 unspecified atom stereocenters. The van der Waals surface area contributed by atoms with Crippen molar-refractivity contribution in [3.63, 3.8) is 0 Å². The minimum atomic E-state index is -0.711. The molecule has 1 atom stereocenters. The van der Waals surface area contributed by atoms with Gasteiger partial charge in [-0.3, -0.25) is 4.90 Å². The van der Waals surface area contributed by atoms with Crippen molar-refractivity contribution >= 4 is 12.1 Å². The first-order valence-electron chi connectivity index (χ1n) is 8.65. The number of ether oxygens (including phenoxy) is 2. The van der Waals surface area contributed by atoms with E-state index in [9.17, 15) is 9.59 Å². The number of hydrogen-bond donors (Lipinski definition) is 1. The van der Waals surface area contributed by atoms with E-state index in [-0.39, 0.29) is 0 Å². The molecule has 138 valence electrons. The second-order valence-corrected chi connectivity index (χ2v) is 7.31. The summed E-state index contributed by atoms with van der Waals surface area (Å²) >= 11 is 0. The third-order valence-corrected chi connectivity index (χ3v) is 4.12. The maximum absolute atomic E-state index is 12.0. The SMILES string of the molecule is COC(=O)C(CCN1CCc2ccccc2C1)NC(=O)OC(C)(C)C. The van der Waals surface area contributed by atoms with E-state index in [0.29, 0.717) is 13.0 Å². The van der Waals surface area contributed by atoms with Gasteiger partial charge in [-0.05, 0) is 44.7 Å². The lowest BCUT2D eigenvalue weighted by Gasteiger charge is -2.30. The molecule has 2 rings (SSSR count). The van der Waals surface area contributed by atoms with Crippen LogP contribution < -0.4 is 5.32 Å². The molecular formula is C19H28N2O4. The van der Waals surface area contributed by atoms with Crippen LogP contribution in [0.4, 0.5) is 4.79 Å². The molecule has 0 spiro atoms. The zero-order valence-corrected chi connectivity index (χ0v) is 15.5. The van der Waals surface area contributed by atoms with E-state index in [1.54, 1.807) is 20.8 Å². The average molecular weight is 348 g/mol. The van der Waals surface area contributed by atoms with Crippen molar-refractivity contribution in [2.45, 2.75) is 51.8 Å². The molecule has 0 saturated carbocycles. The lowest BCUT2D eigenvalue weighted by Crippen LogP contribution is -2.46. The highest BCUT2D eigenvalue weighted by Gasteiger charge is 2.26. The third kappa shape index (κ3) is 6.05. The number of esters is 1. The molecule has 0 saturated heterocycles. The molecule has 6 heteroatoms. The summed E-state index contributed by atoms with van der Waals surface area (Å²) in [6, 6.07) is 7.69. The van der Waals surface area contributed by atoms with E-state index in [1.165, 1.54) is 18.2 Å². The molecule has 1 aromatic carbocycles. The summed E-state index contributed by atoms with van der Waals surface area (Å²) in [5.74, 6) is -0.455. The number of carbonyl (C=O) groups is 2. The molecule has 0 bridgehead atoms. The lowest BCUT2D eigenvalue weighted by molar-refractivity contribution is -0.143. The van der Waals surface area contributed by atoms with Gasteiger partial charge in [-0.1, -0.05) is 24.3 Å². The van der Waals surface area contributed by atoms with E-state index < -0.39 is 23.7 Å². The summed E-state index contributed by atoms with van der Waals surface area (Å²) in [6.45, 7) is 7.85. The molecule has 1 aliphatic rings. The number of fused-ring (bicyclic) bond motifs is 1. The summed E-state index contributed by atoms with van der Waals surface area (Å²) < 4.78 is 10.0. The zero-order chi connectivity index (χ0) is 18.4. The third-order valence-electron chi connectivity index (χ3n) is 4.12. The van der Waals surface area contributed by atoms with Gasteiger partial charge in [-0.15, -0.1) is 0 Å². The summed E-state index contributed by atoms with van der Waals surface area (Å²) in [6.07, 6.45) is 0.874. The van der Waals surface area contributed by atoms with Crippen LogP contribution in [0.15, 0.2) is 24.3 Å². The Kier molecular flexibility index (Phi) is 6.42. The van der Waals surface area contributed by atoms with Crippen LogP contribution in [0.2, 0.25) is 0 Å². The number of alkyl carbamates (subject to hydrolysis) is 1. The monoisotopic (exact) mass is 348 g/mol. The van der Waals surface area contributed by atoms with Gasteiger partial charge in [0.25, 0.3) is 0 Å². The Morgan fingerprint density at radius 2 is 1.92 bits per heavy atom. The molecule has 1 aliphatic heterocycles. The number of benzene rings is 1. The van der Waals surface area contributed by atoms with Crippen LogP contribution in [0.3, 0.4) is 0 Å². The van der Waals surface area contributed by atoms with Crippen LogP contribution in [-0.4, -0.2) is 48.8 Å². The molecule has 0 radical (unpaired) electrons. The molecule has 1 N–H and O–H groups in total. The fourth-order valence-electron chi connectivity index (χ4n) is 2.90. The summed E-state index contributed by atoms with van der Waals surface area (Å²) in [7, 11) is 1.32. The first-order valence-corrected chi connectivity index (χ1v) is 8.65. The largest absolute Gasteiger partial charge is 0.467 e. The molecule has 0 aromatic heterocycles. The Hall–Kier alpha value is -2.08. The van der Waals surface area contributed by atoms with Gasteiger partial charge in [-0.2, -0.15) is 0 Å². The highest BCUT2D eigenvalue weighted by Crippen LogP contribution is 2.18. The molecular weight excluding hydrogens is 320 g/mol. The van der Waals surface area contributed by atoms with Gasteiger partial charge in [0, 0.05) is 19.6 Å². The summed E-state index contributed by atoms with van der Waals surface area (Å²) in [5.41, 5.74) is 2.10. The lowest BCUT2D eigenvalue weighted by atomic mass is 9.99. The standard InChI is InChI=1S/C19H28N2O4/c1-19(2,3)25-18(23)20-16(17(22)24-4)10-12-21-11-9-14-7-5-6-8-15(14)13-21/h5-8,16H,9-13H2,1-4H3,(H,20,23). The van der Waals surface area contributed by atoms with E-state index in [2.05, 4.69) is 28.4 Å². The van der Waals surface area contributed by atoms with Crippen molar-refractivity contribution in [3.8, 4) is 0 Å². The highest BCUT2D eigenvalue weighted by molar-refractivity contribution is 5.81. The second kappa shape index (κ2) is 8.34. The van der Waals surface area contributed by atoms with Crippen LogP contribution in [0.1, 0.15) is 38.3 Å². The van der Waals surface area contributed by atoms with Gasteiger partial charge in [0.2, 0.25) is 0 Å². The number of hydrogen-bond acceptors (Lipinski definition) is 5. The number of carbonyl (C=O) groups excluding carboxylic acids is 2. The normalized spacial score (nSPS) is 15.8. The Bertz CT molecular complexity index is 610. The smallest absolute Gasteiger partial charge is 0.408 e. The van der Waals surface area contributed by atoms with Gasteiger partial charge >= 0.3 is 12.1 Å². The molecule has 1 heterocycles. The molecule has 1 amide bonds. The summed E-state index contributed by atoms with van der Waals surface area (Å²) in [5, 5.41) is 2.62. The molecule has 0 fully saturated rings. The first-order chi connectivity index (χ1) is 11.8. The van der Waals surface area contributed by atoms with Crippen LogP contribution in [0, 0.1) is 0 Å². The van der Waals surface area contributed by atoms with E-state index >= 15 is 0 Å². The Balaban J connectivity index is 1.90. The number of nitrogens with one attached hydrogen (secondary N) is 1. The van der Waals surface area contributed by atoms with Crippen molar-refractivity contribution in [1.29, 1.82) is 0 Å². The Morgan fingerprint density at radius 1 is 1.24 bits per heavy atom. The maximum Gasteiger partial charge on any atom is 0.408 e. The first kappa shape index (κ1) is 19.2. The minimum absolute atomic E-state index is 0.455. The van der Waals surface area contributed by atoms with Gasteiger partial charge in [0.1, 0.15) is 11.6 Å². The van der Waals surface area contributed by atoms with Gasteiger partial charge in [-0.25, -0.2) is 9.59 Å². The number of methoxy groups -OCH3 is 1. The van der Waals surface area contributed by atoms with Gasteiger partial charge < -0.3 is 14.8 Å². The van der Waals surface area contributed by atoms with Crippen LogP contribution in [-0.2, 0) is 27.2 Å². The maximum atomic E-state index is 12.0. The van der Waals surface area contributed by atoms with Crippen molar-refractivity contribution in [1.82, 2.24) is 10.2 Å². The molecule has 1 aromatic rings. The number of rotatable bonds is 5. The predicted octanol–water partition coefficient (Wildman–Crippen LogP) is 2.50. The van der Waals surface area contributed by atoms with Gasteiger partial charge in [0.05, 0.1) is 7.11 Å². The van der Waals surface area contributed by atoms with Crippen LogP contribution in [0.5, 0.6) is 0 Å². The summed E-state index contributed by atoms with van der Waals surface area (Å²) in [4.78, 5) is 26.2. The number of amides is 1. The second-order valence-electron chi connectivity index (χ2n) is 7.31. The molecule has 25 heavy (non-hydrogen) atoms. The average Bonchev–Trinajstić information content (AvgIpc) is 2.56. The minimum Gasteiger partial charge on any atom is -0.467 e. The quantitative estimate of drug-likeness (QED) is 0.828.